The Labute approximate surface area is 168 Å². The molecule has 1 atom stereocenters. The summed E-state index contributed by atoms with van der Waals surface area (Å²) < 4.78 is 12.2. The molecule has 6 nitrogen and oxygen atoms in total. The van der Waals surface area contributed by atoms with E-state index in [9.17, 15) is 5.11 Å². The summed E-state index contributed by atoms with van der Waals surface area (Å²) in [5, 5.41) is 11.5. The van der Waals surface area contributed by atoms with Crippen molar-refractivity contribution in [2.24, 2.45) is 0 Å². The third kappa shape index (κ3) is 4.38. The third-order valence-corrected chi connectivity index (χ3v) is 5.99. The molecule has 28 heavy (non-hydrogen) atoms. The number of rotatable bonds is 7. The molecule has 1 aliphatic heterocycles. The van der Waals surface area contributed by atoms with Crippen LogP contribution in [0.5, 0.6) is 11.5 Å². The largest absolute Gasteiger partial charge is 0.493 e. The Hall–Kier alpha value is -2.35. The van der Waals surface area contributed by atoms with Crippen LogP contribution >= 0.6 is 11.3 Å². The van der Waals surface area contributed by atoms with E-state index in [0.717, 1.165) is 36.8 Å². The van der Waals surface area contributed by atoms with Crippen LogP contribution in [0.1, 0.15) is 0 Å². The molecule has 1 saturated heterocycles. The summed E-state index contributed by atoms with van der Waals surface area (Å²) >= 11 is 1.74. The third-order valence-electron chi connectivity index (χ3n) is 4.89. The van der Waals surface area contributed by atoms with Crippen LogP contribution in [-0.2, 0) is 0 Å². The number of thiazole rings is 1. The Morgan fingerprint density at radius 1 is 1.04 bits per heavy atom. The Bertz CT molecular complexity index is 876. The van der Waals surface area contributed by atoms with E-state index in [-0.39, 0.29) is 6.61 Å². The molecule has 0 amide bonds. The van der Waals surface area contributed by atoms with Crippen molar-refractivity contribution in [1.29, 1.82) is 0 Å². The van der Waals surface area contributed by atoms with Crippen LogP contribution in [0.25, 0.3) is 10.2 Å². The summed E-state index contributed by atoms with van der Waals surface area (Å²) in [6.07, 6.45) is -0.543. The first kappa shape index (κ1) is 19.0. The van der Waals surface area contributed by atoms with Gasteiger partial charge in [-0.15, -0.1) is 0 Å². The van der Waals surface area contributed by atoms with Gasteiger partial charge in [-0.2, -0.15) is 0 Å². The smallest absolute Gasteiger partial charge is 0.186 e. The lowest BCUT2D eigenvalue weighted by Gasteiger charge is -2.35. The molecule has 3 aromatic rings. The number of nitrogens with zero attached hydrogens (tertiary/aromatic N) is 3. The van der Waals surface area contributed by atoms with Gasteiger partial charge in [0.05, 0.1) is 17.3 Å². The molecule has 2 heterocycles. The fourth-order valence-corrected chi connectivity index (χ4v) is 4.41. The van der Waals surface area contributed by atoms with Gasteiger partial charge >= 0.3 is 0 Å². The Morgan fingerprint density at radius 2 is 1.75 bits per heavy atom. The van der Waals surface area contributed by atoms with Gasteiger partial charge in [0, 0.05) is 32.7 Å². The molecule has 1 aromatic heterocycles. The minimum absolute atomic E-state index is 0.248. The van der Waals surface area contributed by atoms with E-state index in [2.05, 4.69) is 28.0 Å². The van der Waals surface area contributed by atoms with Crippen LogP contribution in [0.4, 0.5) is 5.13 Å². The van der Waals surface area contributed by atoms with E-state index in [1.807, 2.05) is 30.3 Å². The zero-order valence-electron chi connectivity index (χ0n) is 16.0. The molecule has 148 valence electrons. The fourth-order valence-electron chi connectivity index (χ4n) is 3.39. The molecule has 7 heteroatoms. The quantitative estimate of drug-likeness (QED) is 0.659. The van der Waals surface area contributed by atoms with Gasteiger partial charge in [0.15, 0.2) is 16.6 Å². The molecule has 2 aromatic carbocycles. The van der Waals surface area contributed by atoms with Gasteiger partial charge in [-0.1, -0.05) is 35.6 Å². The van der Waals surface area contributed by atoms with Gasteiger partial charge in [-0.3, -0.25) is 4.90 Å². The van der Waals surface area contributed by atoms with Crippen LogP contribution < -0.4 is 14.4 Å². The van der Waals surface area contributed by atoms with Crippen molar-refractivity contribution in [1.82, 2.24) is 9.88 Å². The van der Waals surface area contributed by atoms with E-state index in [1.165, 1.54) is 4.70 Å². The summed E-state index contributed by atoms with van der Waals surface area (Å²) in [5.74, 6) is 1.34. The molecule has 0 spiro atoms. The van der Waals surface area contributed by atoms with Crippen molar-refractivity contribution in [3.63, 3.8) is 0 Å². The number of ether oxygens (including phenoxy) is 2. The maximum absolute atomic E-state index is 10.4. The molecule has 4 rings (SSSR count). The van der Waals surface area contributed by atoms with Crippen molar-refractivity contribution in [3.05, 3.63) is 48.5 Å². The molecular weight excluding hydrogens is 374 g/mol. The highest BCUT2D eigenvalue weighted by atomic mass is 32.1. The predicted octanol–water partition coefficient (Wildman–Crippen LogP) is 2.87. The average Bonchev–Trinajstić information content (AvgIpc) is 3.17. The molecule has 0 radical (unpaired) electrons. The number of fused-ring (bicyclic) bond motifs is 1. The topological polar surface area (TPSA) is 58.1 Å². The number of aliphatic hydroxyl groups excluding tert-OH is 1. The SMILES string of the molecule is COc1ccccc1OCC(O)CN1CCN(c2nc3ccccc3s2)CC1. The second kappa shape index (κ2) is 8.77. The summed E-state index contributed by atoms with van der Waals surface area (Å²) in [6.45, 7) is 4.49. The van der Waals surface area contributed by atoms with E-state index < -0.39 is 6.10 Å². The maximum Gasteiger partial charge on any atom is 0.186 e. The van der Waals surface area contributed by atoms with Crippen molar-refractivity contribution < 1.29 is 14.6 Å². The van der Waals surface area contributed by atoms with Gasteiger partial charge in [0.2, 0.25) is 0 Å². The second-order valence-electron chi connectivity index (χ2n) is 6.87. The Balaban J connectivity index is 1.26. The maximum atomic E-state index is 10.4. The molecule has 0 bridgehead atoms. The number of methoxy groups -OCH3 is 1. The van der Waals surface area contributed by atoms with Crippen molar-refractivity contribution in [2.45, 2.75) is 6.10 Å². The predicted molar refractivity (Wildman–Crippen MR) is 113 cm³/mol. The van der Waals surface area contributed by atoms with E-state index in [1.54, 1.807) is 18.4 Å². The number of β-amino-alcohol motifs (C(OH)–C–C–N with tert-alkyl or cyclic N) is 1. The van der Waals surface area contributed by atoms with Gasteiger partial charge in [0.1, 0.15) is 12.7 Å². The van der Waals surface area contributed by atoms with Crippen molar-refractivity contribution in [2.75, 3.05) is 51.3 Å². The standard InChI is InChI=1S/C21H25N3O3S/c1-26-18-7-3-4-8-19(18)27-15-16(25)14-23-10-12-24(13-11-23)21-22-17-6-2-5-9-20(17)28-21/h2-9,16,25H,10-15H2,1H3. The van der Waals surface area contributed by atoms with Gasteiger partial charge in [-0.05, 0) is 24.3 Å². The first-order valence-electron chi connectivity index (χ1n) is 9.49. The number of para-hydroxylation sites is 3. The molecule has 1 fully saturated rings. The van der Waals surface area contributed by atoms with Crippen LogP contribution in [-0.4, -0.2) is 67.5 Å². The average molecular weight is 400 g/mol. The van der Waals surface area contributed by atoms with Crippen molar-refractivity contribution in [3.8, 4) is 11.5 Å². The van der Waals surface area contributed by atoms with Crippen LogP contribution in [0.2, 0.25) is 0 Å². The summed E-state index contributed by atoms with van der Waals surface area (Å²) in [7, 11) is 1.61. The van der Waals surface area contributed by atoms with Gasteiger partial charge in [0.25, 0.3) is 0 Å². The molecular formula is C21H25N3O3S. The Morgan fingerprint density at radius 3 is 2.50 bits per heavy atom. The van der Waals surface area contributed by atoms with Gasteiger partial charge in [-0.25, -0.2) is 4.98 Å². The fraction of sp³-hybridized carbons (Fsp3) is 0.381. The number of anilines is 1. The highest BCUT2D eigenvalue weighted by Gasteiger charge is 2.22. The molecule has 1 aliphatic rings. The highest BCUT2D eigenvalue weighted by molar-refractivity contribution is 7.22. The van der Waals surface area contributed by atoms with Crippen LogP contribution in [0.3, 0.4) is 0 Å². The lowest BCUT2D eigenvalue weighted by molar-refractivity contribution is 0.0653. The minimum Gasteiger partial charge on any atom is -0.493 e. The summed E-state index contributed by atoms with van der Waals surface area (Å²) in [6, 6.07) is 15.7. The summed E-state index contributed by atoms with van der Waals surface area (Å²) in [4.78, 5) is 9.36. The number of piperazine rings is 1. The first-order chi connectivity index (χ1) is 13.7. The lowest BCUT2D eigenvalue weighted by atomic mass is 10.2. The van der Waals surface area contributed by atoms with Crippen LogP contribution in [0, 0.1) is 0 Å². The highest BCUT2D eigenvalue weighted by Crippen LogP contribution is 2.29. The van der Waals surface area contributed by atoms with E-state index >= 15 is 0 Å². The number of aliphatic hydroxyl groups is 1. The number of hydrogen-bond acceptors (Lipinski definition) is 7. The van der Waals surface area contributed by atoms with E-state index in [4.69, 9.17) is 14.5 Å². The number of aromatic nitrogens is 1. The zero-order chi connectivity index (χ0) is 19.3. The number of hydrogen-bond donors (Lipinski definition) is 1. The molecule has 1 N–H and O–H groups in total. The molecule has 0 aliphatic carbocycles. The van der Waals surface area contributed by atoms with Gasteiger partial charge < -0.3 is 19.5 Å². The zero-order valence-corrected chi connectivity index (χ0v) is 16.8. The van der Waals surface area contributed by atoms with E-state index in [0.29, 0.717) is 18.0 Å². The van der Waals surface area contributed by atoms with Crippen LogP contribution in [0.15, 0.2) is 48.5 Å². The molecule has 0 saturated carbocycles. The minimum atomic E-state index is -0.543. The monoisotopic (exact) mass is 399 g/mol. The normalized spacial score (nSPS) is 16.3. The summed E-state index contributed by atoms with van der Waals surface area (Å²) in [5.41, 5.74) is 1.06. The lowest BCUT2D eigenvalue weighted by Crippen LogP contribution is -2.49. The molecule has 1 unspecified atom stereocenters. The number of benzene rings is 2. The Kier molecular flexibility index (Phi) is 5.95. The van der Waals surface area contributed by atoms with Crippen molar-refractivity contribution >= 4 is 26.7 Å². The first-order valence-corrected chi connectivity index (χ1v) is 10.3. The second-order valence-corrected chi connectivity index (χ2v) is 7.88.